The van der Waals surface area contributed by atoms with Gasteiger partial charge in [-0.15, -0.1) is 0 Å². The van der Waals surface area contributed by atoms with Crippen LogP contribution in [0.2, 0.25) is 0 Å². The lowest BCUT2D eigenvalue weighted by molar-refractivity contribution is -0.0190. The number of methoxy groups -OCH3 is 1. The molecule has 0 fully saturated rings. The second kappa shape index (κ2) is 13.2. The molecule has 0 heterocycles. The Balaban J connectivity index is 2.32. The molecule has 0 N–H and O–H groups in total. The summed E-state index contributed by atoms with van der Waals surface area (Å²) in [6, 6.07) is 6.69. The van der Waals surface area contributed by atoms with Crippen molar-refractivity contribution in [2.45, 2.75) is 45.6 Å². The van der Waals surface area contributed by atoms with Gasteiger partial charge in [0, 0.05) is 20.3 Å². The van der Waals surface area contributed by atoms with Crippen LogP contribution in [0.15, 0.2) is 24.3 Å². The fourth-order valence-corrected chi connectivity index (χ4v) is 2.32. The van der Waals surface area contributed by atoms with E-state index >= 15 is 0 Å². The Morgan fingerprint density at radius 2 is 1.54 bits per heavy atom. The van der Waals surface area contributed by atoms with Crippen molar-refractivity contribution in [3.05, 3.63) is 40.9 Å². The molecule has 7 heteroatoms. The molecule has 0 amide bonds. The Morgan fingerprint density at radius 3 is 2.14 bits per heavy atom. The van der Waals surface area contributed by atoms with Crippen LogP contribution < -0.4 is 0 Å². The van der Waals surface area contributed by atoms with Crippen LogP contribution in [0.3, 0.4) is 0 Å². The van der Waals surface area contributed by atoms with E-state index in [1.807, 2.05) is 20.8 Å². The van der Waals surface area contributed by atoms with Gasteiger partial charge in [0.1, 0.15) is 12.2 Å². The third-order valence-electron chi connectivity index (χ3n) is 3.72. The normalized spacial score (nSPS) is 11.1. The van der Waals surface area contributed by atoms with Gasteiger partial charge >= 0.3 is 11.7 Å². The van der Waals surface area contributed by atoms with E-state index in [0.717, 1.165) is 25.9 Å². The number of hydrogen-bond donors (Lipinski definition) is 0. The van der Waals surface area contributed by atoms with Gasteiger partial charge in [-0.2, -0.15) is 4.79 Å². The Morgan fingerprint density at radius 1 is 0.929 bits per heavy atom. The third kappa shape index (κ3) is 10.3. The minimum absolute atomic E-state index is 0.152. The zero-order valence-electron chi connectivity index (χ0n) is 17.4. The van der Waals surface area contributed by atoms with Crippen LogP contribution in [-0.2, 0) is 18.9 Å². The van der Waals surface area contributed by atoms with E-state index in [1.54, 1.807) is 31.4 Å². The molecule has 0 bridgehead atoms. The number of benzene rings is 1. The van der Waals surface area contributed by atoms with Gasteiger partial charge in [-0.05, 0) is 64.3 Å². The number of rotatable bonds is 13. The molecule has 1 aromatic rings. The Labute approximate surface area is 167 Å². The molecule has 0 radical (unpaired) electrons. The van der Waals surface area contributed by atoms with E-state index < -0.39 is 11.6 Å². The van der Waals surface area contributed by atoms with Gasteiger partial charge in [-0.3, -0.25) is 0 Å². The lowest BCUT2D eigenvalue weighted by Crippen LogP contribution is -2.24. The zero-order valence-corrected chi connectivity index (χ0v) is 17.4. The monoisotopic (exact) mass is 392 g/mol. The molecule has 1 aromatic carbocycles. The van der Waals surface area contributed by atoms with Crippen molar-refractivity contribution in [2.24, 2.45) is 0 Å². The van der Waals surface area contributed by atoms with Gasteiger partial charge in [0.05, 0.1) is 24.3 Å². The minimum Gasteiger partial charge on any atom is -0.456 e. The molecular weight excluding hydrogens is 360 g/mol. The van der Waals surface area contributed by atoms with Crippen molar-refractivity contribution >= 4 is 11.7 Å². The van der Waals surface area contributed by atoms with Crippen LogP contribution in [0.4, 0.5) is 0 Å². The molecule has 28 heavy (non-hydrogen) atoms. The molecular formula is C21H32N2O5. The van der Waals surface area contributed by atoms with Gasteiger partial charge in [0.15, 0.2) is 0 Å². The van der Waals surface area contributed by atoms with Gasteiger partial charge in [0.2, 0.25) is 0 Å². The smallest absolute Gasteiger partial charge is 0.338 e. The van der Waals surface area contributed by atoms with E-state index in [0.29, 0.717) is 36.7 Å². The van der Waals surface area contributed by atoms with Crippen molar-refractivity contribution in [3.63, 3.8) is 0 Å². The predicted molar refractivity (Wildman–Crippen MR) is 107 cm³/mol. The Bertz CT molecular complexity index is 631. The second-order valence-corrected chi connectivity index (χ2v) is 7.34. The maximum Gasteiger partial charge on any atom is 0.338 e. The molecule has 0 aliphatic carbocycles. The SMILES string of the molecule is COCCCCCOCCOCC(=[N+]=[N-])c1ccc(C(=O)OC(C)(C)C)cc1. The summed E-state index contributed by atoms with van der Waals surface area (Å²) in [5.41, 5.74) is 10.2. The highest BCUT2D eigenvalue weighted by molar-refractivity contribution is 5.98. The summed E-state index contributed by atoms with van der Waals surface area (Å²) in [6.45, 7) is 7.98. The molecule has 0 aliphatic heterocycles. The minimum atomic E-state index is -0.548. The van der Waals surface area contributed by atoms with Crippen molar-refractivity contribution in [1.82, 2.24) is 0 Å². The lowest BCUT2D eigenvalue weighted by Gasteiger charge is -2.19. The van der Waals surface area contributed by atoms with E-state index in [1.165, 1.54) is 0 Å². The highest BCUT2D eigenvalue weighted by Gasteiger charge is 2.19. The molecule has 0 atom stereocenters. The topological polar surface area (TPSA) is 90.4 Å². The largest absolute Gasteiger partial charge is 0.456 e. The highest BCUT2D eigenvalue weighted by atomic mass is 16.6. The van der Waals surface area contributed by atoms with Gasteiger partial charge < -0.3 is 24.5 Å². The molecule has 0 unspecified atom stereocenters. The van der Waals surface area contributed by atoms with Crippen LogP contribution in [0.5, 0.6) is 0 Å². The fraction of sp³-hybridized carbons (Fsp3) is 0.619. The van der Waals surface area contributed by atoms with Gasteiger partial charge in [-0.25, -0.2) is 4.79 Å². The molecule has 0 spiro atoms. The average molecular weight is 392 g/mol. The van der Waals surface area contributed by atoms with Crippen molar-refractivity contribution in [2.75, 3.05) is 40.1 Å². The number of hydrogen-bond acceptors (Lipinski definition) is 5. The maximum atomic E-state index is 12.0. The summed E-state index contributed by atoms with van der Waals surface area (Å²) in [6.07, 6.45) is 3.12. The van der Waals surface area contributed by atoms with Crippen molar-refractivity contribution in [1.29, 1.82) is 0 Å². The number of esters is 1. The Hall–Kier alpha value is -2.05. The first-order chi connectivity index (χ1) is 13.4. The van der Waals surface area contributed by atoms with Crippen LogP contribution in [0.1, 0.15) is 56.0 Å². The fourth-order valence-electron chi connectivity index (χ4n) is 2.32. The summed E-state index contributed by atoms with van der Waals surface area (Å²) in [5.74, 6) is -0.392. The van der Waals surface area contributed by atoms with Crippen LogP contribution in [0.25, 0.3) is 5.53 Å². The number of nitrogens with zero attached hydrogens (tertiary/aromatic N) is 2. The number of carbonyl (C=O) groups excluding carboxylic acids is 1. The van der Waals surface area contributed by atoms with Crippen LogP contribution >= 0.6 is 0 Å². The standard InChI is InChI=1S/C21H32N2O5/c1-21(2,3)28-20(24)18-10-8-17(9-11-18)19(23-22)16-27-15-14-26-13-7-5-6-12-25-4/h8-11H,5-7,12-16H2,1-4H3. The summed E-state index contributed by atoms with van der Waals surface area (Å²) < 4.78 is 21.3. The molecule has 156 valence electrons. The van der Waals surface area contributed by atoms with Crippen LogP contribution in [-0.4, -0.2) is 62.2 Å². The molecule has 0 aliphatic rings. The molecule has 0 saturated carbocycles. The average Bonchev–Trinajstić information content (AvgIpc) is 2.65. The van der Waals surface area contributed by atoms with Crippen LogP contribution in [0, 0.1) is 0 Å². The van der Waals surface area contributed by atoms with E-state index in [4.69, 9.17) is 18.9 Å². The first-order valence-electron chi connectivity index (χ1n) is 9.56. The molecule has 1 rings (SSSR count). The predicted octanol–water partition coefficient (Wildman–Crippen LogP) is 3.51. The van der Waals surface area contributed by atoms with Crippen molar-refractivity contribution < 1.29 is 28.5 Å². The van der Waals surface area contributed by atoms with E-state index in [9.17, 15) is 10.3 Å². The number of unbranched alkanes of at least 4 members (excludes halogenated alkanes) is 2. The van der Waals surface area contributed by atoms with Gasteiger partial charge in [0.25, 0.3) is 0 Å². The van der Waals surface area contributed by atoms with Crippen molar-refractivity contribution in [3.8, 4) is 0 Å². The maximum absolute atomic E-state index is 12.0. The molecule has 7 nitrogen and oxygen atoms in total. The highest BCUT2D eigenvalue weighted by Crippen LogP contribution is 2.13. The van der Waals surface area contributed by atoms with Gasteiger partial charge in [-0.1, -0.05) is 0 Å². The first kappa shape index (κ1) is 24.0. The lowest BCUT2D eigenvalue weighted by atomic mass is 10.1. The summed E-state index contributed by atoms with van der Waals surface area (Å²) in [7, 11) is 1.70. The quantitative estimate of drug-likeness (QED) is 0.168. The summed E-state index contributed by atoms with van der Waals surface area (Å²) in [4.78, 5) is 15.3. The third-order valence-corrected chi connectivity index (χ3v) is 3.72. The summed E-state index contributed by atoms with van der Waals surface area (Å²) >= 11 is 0. The zero-order chi connectivity index (χ0) is 20.8. The summed E-state index contributed by atoms with van der Waals surface area (Å²) in [5, 5.41) is 0. The second-order valence-electron chi connectivity index (χ2n) is 7.34. The van der Waals surface area contributed by atoms with E-state index in [2.05, 4.69) is 4.79 Å². The molecule has 0 saturated heterocycles. The number of carbonyl (C=O) groups is 1. The van der Waals surface area contributed by atoms with E-state index in [-0.39, 0.29) is 6.61 Å². The molecule has 0 aromatic heterocycles. The Kier molecular flexibility index (Phi) is 11.3. The number of ether oxygens (including phenoxy) is 4. The first-order valence-corrected chi connectivity index (χ1v) is 9.56.